The van der Waals surface area contributed by atoms with Gasteiger partial charge in [0.1, 0.15) is 0 Å². The molecule has 2 aliphatic heterocycles. The van der Waals surface area contributed by atoms with Gasteiger partial charge in [0.25, 0.3) is 0 Å². The summed E-state index contributed by atoms with van der Waals surface area (Å²) in [5, 5.41) is 3.58. The highest BCUT2D eigenvalue weighted by molar-refractivity contribution is 7.92. The zero-order chi connectivity index (χ0) is 20.4. The van der Waals surface area contributed by atoms with Crippen LogP contribution in [0, 0.1) is 11.8 Å². The van der Waals surface area contributed by atoms with Gasteiger partial charge in [-0.25, -0.2) is 8.42 Å². The molecule has 29 heavy (non-hydrogen) atoms. The molecule has 5 heteroatoms. The molecular weight excluding hydrogens is 380 g/mol. The summed E-state index contributed by atoms with van der Waals surface area (Å²) in [6.45, 7) is 5.73. The van der Waals surface area contributed by atoms with Crippen molar-refractivity contribution in [3.8, 4) is 0 Å². The third kappa shape index (κ3) is 2.77. The average molecular weight is 411 g/mol. The van der Waals surface area contributed by atoms with Gasteiger partial charge in [0.05, 0.1) is 9.64 Å². The fourth-order valence-corrected chi connectivity index (χ4v) is 7.93. The van der Waals surface area contributed by atoms with Crippen molar-refractivity contribution in [2.45, 2.75) is 48.3 Å². The van der Waals surface area contributed by atoms with Crippen LogP contribution in [0.25, 0.3) is 0 Å². The van der Waals surface area contributed by atoms with Crippen LogP contribution in [0.15, 0.2) is 53.4 Å². The maximum Gasteiger partial charge on any atom is 0.183 e. The number of benzene rings is 2. The van der Waals surface area contributed by atoms with Crippen LogP contribution in [-0.2, 0) is 16.3 Å². The topological polar surface area (TPSA) is 49.4 Å². The SMILES string of the molecule is CN1CC(C(C)(C)S(=O)(=O)c2ccccc2)C2Cc3cccc4c3C(CN4)CC21. The van der Waals surface area contributed by atoms with Crippen molar-refractivity contribution in [1.82, 2.24) is 4.90 Å². The summed E-state index contributed by atoms with van der Waals surface area (Å²) < 4.78 is 26.5. The molecule has 2 heterocycles. The molecule has 2 aromatic carbocycles. The molecule has 4 atom stereocenters. The molecule has 1 fully saturated rings. The highest BCUT2D eigenvalue weighted by Crippen LogP contribution is 2.50. The molecule has 4 unspecified atom stereocenters. The Bertz CT molecular complexity index is 1030. The van der Waals surface area contributed by atoms with Crippen LogP contribution in [0.3, 0.4) is 0 Å². The van der Waals surface area contributed by atoms with Gasteiger partial charge in [0.15, 0.2) is 9.84 Å². The first kappa shape index (κ1) is 19.1. The quantitative estimate of drug-likeness (QED) is 0.833. The Balaban J connectivity index is 1.55. The Morgan fingerprint density at radius 1 is 1.07 bits per heavy atom. The summed E-state index contributed by atoms with van der Waals surface area (Å²) >= 11 is 0. The highest BCUT2D eigenvalue weighted by Gasteiger charge is 2.54. The van der Waals surface area contributed by atoms with Crippen molar-refractivity contribution in [2.75, 3.05) is 25.5 Å². The van der Waals surface area contributed by atoms with Gasteiger partial charge in [0.2, 0.25) is 0 Å². The lowest BCUT2D eigenvalue weighted by Gasteiger charge is -2.36. The van der Waals surface area contributed by atoms with Crippen molar-refractivity contribution in [3.05, 3.63) is 59.7 Å². The standard InChI is InChI=1S/C24H30N2O2S/c1-24(2,29(27,28)18-9-5-4-6-10-18)20-15-26(3)22-13-17-14-25-21-11-7-8-16(23(17)21)12-19(20)22/h4-11,17,19-20,22,25H,12-15H2,1-3H3. The molecule has 2 aromatic rings. The third-order valence-electron chi connectivity index (χ3n) is 7.83. The molecule has 1 aliphatic carbocycles. The number of hydrogen-bond donors (Lipinski definition) is 1. The van der Waals surface area contributed by atoms with Gasteiger partial charge >= 0.3 is 0 Å². The zero-order valence-corrected chi connectivity index (χ0v) is 18.2. The molecule has 1 saturated heterocycles. The molecule has 0 saturated carbocycles. The van der Waals surface area contributed by atoms with E-state index in [9.17, 15) is 8.42 Å². The van der Waals surface area contributed by atoms with Crippen molar-refractivity contribution < 1.29 is 8.42 Å². The first-order valence-electron chi connectivity index (χ1n) is 10.7. The van der Waals surface area contributed by atoms with Gasteiger partial charge in [-0.15, -0.1) is 0 Å². The minimum absolute atomic E-state index is 0.102. The van der Waals surface area contributed by atoms with Crippen molar-refractivity contribution >= 4 is 15.5 Å². The van der Waals surface area contributed by atoms with Crippen LogP contribution in [0.4, 0.5) is 5.69 Å². The Kier molecular flexibility index (Phi) is 4.34. The summed E-state index contributed by atoms with van der Waals surface area (Å²) in [7, 11) is -1.25. The number of likely N-dealkylation sites (tertiary alicyclic amines) is 1. The summed E-state index contributed by atoms with van der Waals surface area (Å²) in [5.74, 6) is 0.988. The lowest BCUT2D eigenvalue weighted by molar-refractivity contribution is 0.245. The van der Waals surface area contributed by atoms with Crippen molar-refractivity contribution in [2.24, 2.45) is 11.8 Å². The minimum Gasteiger partial charge on any atom is -0.384 e. The Hall–Kier alpha value is -1.85. The fraction of sp³-hybridized carbons (Fsp3) is 0.500. The van der Waals surface area contributed by atoms with Crippen LogP contribution in [0.5, 0.6) is 0 Å². The Morgan fingerprint density at radius 3 is 2.59 bits per heavy atom. The van der Waals surface area contributed by atoms with E-state index < -0.39 is 14.6 Å². The van der Waals surface area contributed by atoms with Gasteiger partial charge in [-0.05, 0) is 74.9 Å². The largest absolute Gasteiger partial charge is 0.384 e. The predicted octanol–water partition coefficient (Wildman–Crippen LogP) is 3.94. The molecule has 0 radical (unpaired) electrons. The first-order valence-corrected chi connectivity index (χ1v) is 12.1. The number of nitrogens with zero attached hydrogens (tertiary/aromatic N) is 1. The van der Waals surface area contributed by atoms with Crippen LogP contribution >= 0.6 is 0 Å². The van der Waals surface area contributed by atoms with E-state index in [2.05, 4.69) is 35.5 Å². The predicted molar refractivity (Wildman–Crippen MR) is 117 cm³/mol. The van der Waals surface area contributed by atoms with Crippen molar-refractivity contribution in [1.29, 1.82) is 0 Å². The van der Waals surface area contributed by atoms with Crippen LogP contribution in [0.1, 0.15) is 37.3 Å². The molecule has 5 rings (SSSR count). The Labute approximate surface area is 174 Å². The molecule has 154 valence electrons. The van der Waals surface area contributed by atoms with E-state index in [0.29, 0.717) is 22.8 Å². The van der Waals surface area contributed by atoms with Crippen LogP contribution in [-0.4, -0.2) is 44.2 Å². The summed E-state index contributed by atoms with van der Waals surface area (Å²) in [4.78, 5) is 2.87. The van der Waals surface area contributed by atoms with Gasteiger partial charge in [-0.2, -0.15) is 0 Å². The monoisotopic (exact) mass is 410 g/mol. The van der Waals surface area contributed by atoms with Gasteiger partial charge in [-0.3, -0.25) is 0 Å². The van der Waals surface area contributed by atoms with Gasteiger partial charge in [-0.1, -0.05) is 30.3 Å². The smallest absolute Gasteiger partial charge is 0.183 e. The molecule has 4 nitrogen and oxygen atoms in total. The van der Waals surface area contributed by atoms with E-state index >= 15 is 0 Å². The number of hydrogen-bond acceptors (Lipinski definition) is 4. The number of rotatable bonds is 3. The average Bonchev–Trinajstić information content (AvgIpc) is 3.20. The third-order valence-corrected chi connectivity index (χ3v) is 10.4. The molecule has 0 aromatic heterocycles. The zero-order valence-electron chi connectivity index (χ0n) is 17.4. The molecule has 3 aliphatic rings. The normalized spacial score (nSPS) is 29.1. The lowest BCUT2D eigenvalue weighted by Crippen LogP contribution is -2.44. The van der Waals surface area contributed by atoms with Gasteiger partial charge in [0, 0.05) is 30.7 Å². The van der Waals surface area contributed by atoms with E-state index in [-0.39, 0.29) is 5.92 Å². The second kappa shape index (κ2) is 6.58. The maximum atomic E-state index is 13.7. The number of fused-ring (bicyclic) bond motifs is 1. The van der Waals surface area contributed by atoms with Crippen LogP contribution in [0.2, 0.25) is 0 Å². The second-order valence-corrected chi connectivity index (χ2v) is 12.1. The number of sulfone groups is 1. The highest BCUT2D eigenvalue weighted by atomic mass is 32.2. The molecular formula is C24H30N2O2S. The molecule has 0 bridgehead atoms. The second-order valence-electron chi connectivity index (χ2n) is 9.59. The molecule has 1 N–H and O–H groups in total. The minimum atomic E-state index is -3.43. The molecule has 0 amide bonds. The fourth-order valence-electron chi connectivity index (χ4n) is 6.16. The lowest BCUT2D eigenvalue weighted by atomic mass is 9.79. The Morgan fingerprint density at radius 2 is 1.83 bits per heavy atom. The summed E-state index contributed by atoms with van der Waals surface area (Å²) in [6.07, 6.45) is 2.07. The van der Waals surface area contributed by atoms with E-state index in [0.717, 1.165) is 25.9 Å². The van der Waals surface area contributed by atoms with Crippen molar-refractivity contribution in [3.63, 3.8) is 0 Å². The summed E-state index contributed by atoms with van der Waals surface area (Å²) in [6, 6.07) is 16.0. The number of nitrogens with one attached hydrogen (secondary N) is 1. The number of anilines is 1. The maximum absolute atomic E-state index is 13.7. The van der Waals surface area contributed by atoms with Gasteiger partial charge < -0.3 is 10.2 Å². The molecule has 0 spiro atoms. The van der Waals surface area contributed by atoms with E-state index in [1.807, 2.05) is 32.0 Å². The van der Waals surface area contributed by atoms with E-state index in [1.165, 1.54) is 16.8 Å². The van der Waals surface area contributed by atoms with E-state index in [1.54, 1.807) is 12.1 Å². The first-order chi connectivity index (χ1) is 13.8. The summed E-state index contributed by atoms with van der Waals surface area (Å²) in [5.41, 5.74) is 4.18. The van der Waals surface area contributed by atoms with E-state index in [4.69, 9.17) is 0 Å². The van der Waals surface area contributed by atoms with Crippen LogP contribution < -0.4 is 5.32 Å².